The zero-order valence-corrected chi connectivity index (χ0v) is 14.6. The van der Waals surface area contributed by atoms with Crippen molar-refractivity contribution in [3.05, 3.63) is 57.6 Å². The minimum atomic E-state index is -0.251. The van der Waals surface area contributed by atoms with E-state index in [2.05, 4.69) is 30.6 Å². The van der Waals surface area contributed by atoms with Crippen molar-refractivity contribution < 1.29 is 4.52 Å². The molecular formula is C19H16N6O2. The highest BCUT2D eigenvalue weighted by Crippen LogP contribution is 2.31. The first-order valence-corrected chi connectivity index (χ1v) is 8.72. The smallest absolute Gasteiger partial charge is 0.279 e. The Bertz CT molecular complexity index is 1230. The van der Waals surface area contributed by atoms with Crippen LogP contribution in [0.4, 0.5) is 0 Å². The van der Waals surface area contributed by atoms with E-state index in [1.165, 1.54) is 5.56 Å². The summed E-state index contributed by atoms with van der Waals surface area (Å²) in [6.45, 7) is 3.63. The summed E-state index contributed by atoms with van der Waals surface area (Å²) in [6.07, 6.45) is 2.79. The standard InChI is InChI=1S/C19H16N6O2/c1-10-15(12-6-7-20-8-11(12)9-21-10)17-22-19(27-25-17)16-13-4-2-3-5-14(13)18(26)24-23-16/h2-5,9,20H,6-8H2,1H3,(H,24,26). The number of aryl methyl sites for hydroxylation is 1. The van der Waals surface area contributed by atoms with E-state index in [-0.39, 0.29) is 11.4 Å². The molecule has 0 unspecified atom stereocenters. The van der Waals surface area contributed by atoms with E-state index in [4.69, 9.17) is 4.52 Å². The number of aromatic nitrogens is 5. The topological polar surface area (TPSA) is 110 Å². The van der Waals surface area contributed by atoms with Crippen LogP contribution in [0.2, 0.25) is 0 Å². The van der Waals surface area contributed by atoms with Crippen molar-refractivity contribution in [2.45, 2.75) is 19.9 Å². The third-order valence-electron chi connectivity index (χ3n) is 4.88. The summed E-state index contributed by atoms with van der Waals surface area (Å²) in [5, 5.41) is 15.4. The Morgan fingerprint density at radius 2 is 2.04 bits per heavy atom. The van der Waals surface area contributed by atoms with Gasteiger partial charge in [0, 0.05) is 29.4 Å². The Kier molecular flexibility index (Phi) is 3.58. The van der Waals surface area contributed by atoms with Gasteiger partial charge in [0.2, 0.25) is 5.82 Å². The second kappa shape index (κ2) is 6.10. The second-order valence-corrected chi connectivity index (χ2v) is 6.52. The molecule has 0 fully saturated rings. The molecule has 0 bridgehead atoms. The van der Waals surface area contributed by atoms with E-state index in [0.29, 0.717) is 22.3 Å². The first kappa shape index (κ1) is 15.8. The van der Waals surface area contributed by atoms with Crippen molar-refractivity contribution in [1.29, 1.82) is 0 Å². The molecule has 1 aromatic carbocycles. The molecule has 134 valence electrons. The summed E-state index contributed by atoms with van der Waals surface area (Å²) in [5.74, 6) is 0.759. The largest absolute Gasteiger partial charge is 0.332 e. The molecule has 0 saturated heterocycles. The molecule has 1 aliphatic rings. The quantitative estimate of drug-likeness (QED) is 0.562. The Labute approximate surface area is 153 Å². The number of benzene rings is 1. The van der Waals surface area contributed by atoms with E-state index < -0.39 is 0 Å². The molecule has 1 aliphatic heterocycles. The summed E-state index contributed by atoms with van der Waals surface area (Å²) in [6, 6.07) is 7.21. The number of nitrogens with one attached hydrogen (secondary N) is 2. The van der Waals surface area contributed by atoms with Gasteiger partial charge in [0.25, 0.3) is 11.4 Å². The first-order valence-electron chi connectivity index (χ1n) is 8.72. The number of hydrogen-bond donors (Lipinski definition) is 2. The predicted octanol–water partition coefficient (Wildman–Crippen LogP) is 1.99. The molecule has 0 spiro atoms. The van der Waals surface area contributed by atoms with Crippen LogP contribution in [0, 0.1) is 6.92 Å². The van der Waals surface area contributed by atoms with Gasteiger partial charge in [-0.2, -0.15) is 10.1 Å². The van der Waals surface area contributed by atoms with Crippen LogP contribution in [-0.2, 0) is 13.0 Å². The average Bonchev–Trinajstić information content (AvgIpc) is 3.18. The number of hydrogen-bond acceptors (Lipinski definition) is 7. The summed E-state index contributed by atoms with van der Waals surface area (Å²) >= 11 is 0. The van der Waals surface area contributed by atoms with Crippen LogP contribution >= 0.6 is 0 Å². The third kappa shape index (κ3) is 2.53. The van der Waals surface area contributed by atoms with Gasteiger partial charge in [-0.25, -0.2) is 5.10 Å². The maximum absolute atomic E-state index is 12.0. The number of H-pyrrole nitrogens is 1. The van der Waals surface area contributed by atoms with Crippen LogP contribution in [0.15, 0.2) is 39.8 Å². The fourth-order valence-electron chi connectivity index (χ4n) is 3.57. The van der Waals surface area contributed by atoms with E-state index >= 15 is 0 Å². The van der Waals surface area contributed by atoms with Gasteiger partial charge >= 0.3 is 0 Å². The minimum Gasteiger partial charge on any atom is -0.332 e. The summed E-state index contributed by atoms with van der Waals surface area (Å²) in [5.41, 5.74) is 4.34. The van der Waals surface area contributed by atoms with Gasteiger partial charge in [-0.1, -0.05) is 23.4 Å². The highest BCUT2D eigenvalue weighted by atomic mass is 16.5. The summed E-state index contributed by atoms with van der Waals surface area (Å²) in [7, 11) is 0. The molecule has 27 heavy (non-hydrogen) atoms. The number of pyridine rings is 1. The normalized spacial score (nSPS) is 13.7. The fourth-order valence-corrected chi connectivity index (χ4v) is 3.57. The zero-order valence-electron chi connectivity index (χ0n) is 14.6. The first-order chi connectivity index (χ1) is 13.2. The highest BCUT2D eigenvalue weighted by Gasteiger charge is 2.22. The molecular weight excluding hydrogens is 344 g/mol. The van der Waals surface area contributed by atoms with Gasteiger partial charge < -0.3 is 9.84 Å². The van der Waals surface area contributed by atoms with Crippen LogP contribution in [0.1, 0.15) is 16.8 Å². The number of fused-ring (bicyclic) bond motifs is 2. The summed E-state index contributed by atoms with van der Waals surface area (Å²) < 4.78 is 5.51. The molecule has 0 atom stereocenters. The van der Waals surface area contributed by atoms with E-state index in [0.717, 1.165) is 36.3 Å². The van der Waals surface area contributed by atoms with Crippen molar-refractivity contribution in [2.24, 2.45) is 0 Å². The molecule has 4 aromatic rings. The van der Waals surface area contributed by atoms with Crippen molar-refractivity contribution >= 4 is 10.8 Å². The van der Waals surface area contributed by atoms with Crippen molar-refractivity contribution in [3.63, 3.8) is 0 Å². The SMILES string of the molecule is Cc1ncc2c(c1-c1noc(-c3n[nH]c(=O)c4ccccc34)n1)CCNC2. The van der Waals surface area contributed by atoms with Gasteiger partial charge in [-0.3, -0.25) is 9.78 Å². The maximum Gasteiger partial charge on any atom is 0.279 e. The summed E-state index contributed by atoms with van der Waals surface area (Å²) in [4.78, 5) is 21.1. The van der Waals surface area contributed by atoms with Gasteiger partial charge in [0.05, 0.1) is 5.39 Å². The van der Waals surface area contributed by atoms with Gasteiger partial charge in [0.15, 0.2) is 5.69 Å². The van der Waals surface area contributed by atoms with Crippen molar-refractivity contribution in [1.82, 2.24) is 30.6 Å². The number of rotatable bonds is 2. The van der Waals surface area contributed by atoms with Gasteiger partial charge in [-0.05, 0) is 37.1 Å². The lowest BCUT2D eigenvalue weighted by Crippen LogP contribution is -2.24. The van der Waals surface area contributed by atoms with E-state index in [1.807, 2.05) is 25.3 Å². The molecule has 2 N–H and O–H groups in total. The monoisotopic (exact) mass is 360 g/mol. The van der Waals surface area contributed by atoms with Gasteiger partial charge in [0.1, 0.15) is 0 Å². The number of aromatic amines is 1. The van der Waals surface area contributed by atoms with Crippen LogP contribution in [0.25, 0.3) is 33.7 Å². The molecule has 0 amide bonds. The zero-order chi connectivity index (χ0) is 18.4. The third-order valence-corrected chi connectivity index (χ3v) is 4.88. The molecule has 8 heteroatoms. The van der Waals surface area contributed by atoms with Crippen LogP contribution < -0.4 is 10.9 Å². The van der Waals surface area contributed by atoms with Gasteiger partial charge in [-0.15, -0.1) is 0 Å². The van der Waals surface area contributed by atoms with Crippen LogP contribution in [0.3, 0.4) is 0 Å². The Morgan fingerprint density at radius 1 is 1.19 bits per heavy atom. The van der Waals surface area contributed by atoms with Crippen molar-refractivity contribution in [3.8, 4) is 23.0 Å². The highest BCUT2D eigenvalue weighted by molar-refractivity contribution is 5.91. The lowest BCUT2D eigenvalue weighted by Gasteiger charge is -2.19. The Balaban J connectivity index is 1.68. The lowest BCUT2D eigenvalue weighted by molar-refractivity contribution is 0.430. The molecule has 4 heterocycles. The molecule has 3 aromatic heterocycles. The predicted molar refractivity (Wildman–Crippen MR) is 99.0 cm³/mol. The number of nitrogens with zero attached hydrogens (tertiary/aromatic N) is 4. The van der Waals surface area contributed by atoms with Crippen LogP contribution in [-0.4, -0.2) is 31.9 Å². The molecule has 0 saturated carbocycles. The molecule has 0 aliphatic carbocycles. The molecule has 0 radical (unpaired) electrons. The molecule has 8 nitrogen and oxygen atoms in total. The Hall–Kier alpha value is -3.39. The average molecular weight is 360 g/mol. The second-order valence-electron chi connectivity index (χ2n) is 6.52. The maximum atomic E-state index is 12.0. The lowest BCUT2D eigenvalue weighted by atomic mass is 9.95. The fraction of sp³-hybridized carbons (Fsp3) is 0.211. The van der Waals surface area contributed by atoms with E-state index in [9.17, 15) is 4.79 Å². The molecule has 5 rings (SSSR count). The Morgan fingerprint density at radius 3 is 2.93 bits per heavy atom. The minimum absolute atomic E-state index is 0.251. The van der Waals surface area contributed by atoms with Crippen molar-refractivity contribution in [2.75, 3.05) is 6.54 Å². The van der Waals surface area contributed by atoms with Crippen LogP contribution in [0.5, 0.6) is 0 Å². The van der Waals surface area contributed by atoms with E-state index in [1.54, 1.807) is 12.1 Å².